The van der Waals surface area contributed by atoms with Crippen molar-refractivity contribution in [2.45, 2.75) is 33.2 Å². The molecule has 1 saturated heterocycles. The van der Waals surface area contributed by atoms with Crippen LogP contribution in [-0.2, 0) is 0 Å². The molecule has 0 amide bonds. The van der Waals surface area contributed by atoms with E-state index in [2.05, 4.69) is 62.2 Å². The van der Waals surface area contributed by atoms with Gasteiger partial charge in [-0.2, -0.15) is 0 Å². The van der Waals surface area contributed by atoms with Crippen molar-refractivity contribution in [1.29, 1.82) is 0 Å². The summed E-state index contributed by atoms with van der Waals surface area (Å²) in [6, 6.07) is 8.70. The van der Waals surface area contributed by atoms with Crippen molar-refractivity contribution in [2.75, 3.05) is 24.5 Å². The van der Waals surface area contributed by atoms with E-state index in [1.165, 1.54) is 11.3 Å². The molecule has 2 nitrogen and oxygen atoms in total. The summed E-state index contributed by atoms with van der Waals surface area (Å²) in [6.45, 7) is 12.5. The number of rotatable bonds is 1. The van der Waals surface area contributed by atoms with Crippen LogP contribution < -0.4 is 10.2 Å². The molecule has 1 aliphatic rings. The maximum atomic E-state index is 3.56. The van der Waals surface area contributed by atoms with Crippen molar-refractivity contribution in [3.63, 3.8) is 0 Å². The maximum Gasteiger partial charge on any atom is 0.0470 e. The molecule has 0 radical (unpaired) electrons. The van der Waals surface area contributed by atoms with Crippen molar-refractivity contribution in [3.8, 4) is 0 Å². The van der Waals surface area contributed by atoms with Crippen LogP contribution in [0.1, 0.15) is 26.3 Å². The van der Waals surface area contributed by atoms with E-state index >= 15 is 0 Å². The summed E-state index contributed by atoms with van der Waals surface area (Å²) in [5.41, 5.74) is 2.93. The predicted molar refractivity (Wildman–Crippen MR) is 74.6 cm³/mol. The van der Waals surface area contributed by atoms with Crippen LogP contribution in [0.4, 0.5) is 5.69 Å². The average Bonchev–Trinajstić information content (AvgIpc) is 2.38. The summed E-state index contributed by atoms with van der Waals surface area (Å²) in [5, 5.41) is 3.56. The highest BCUT2D eigenvalue weighted by molar-refractivity contribution is 5.55. The first kappa shape index (κ1) is 12.4. The second-order valence-electron chi connectivity index (χ2n) is 5.95. The lowest BCUT2D eigenvalue weighted by molar-refractivity contribution is 0.459. The van der Waals surface area contributed by atoms with Gasteiger partial charge in [0.1, 0.15) is 0 Å². The number of anilines is 1. The molecule has 0 saturated carbocycles. The van der Waals surface area contributed by atoms with Crippen LogP contribution >= 0.6 is 0 Å². The molecule has 1 aromatic rings. The average molecular weight is 232 g/mol. The Bertz CT molecular complexity index is 384. The normalized spacial score (nSPS) is 24.5. The smallest absolute Gasteiger partial charge is 0.0470 e. The van der Waals surface area contributed by atoms with Crippen LogP contribution in [0.3, 0.4) is 0 Å². The van der Waals surface area contributed by atoms with E-state index < -0.39 is 0 Å². The monoisotopic (exact) mass is 232 g/mol. The zero-order chi connectivity index (χ0) is 12.5. The lowest BCUT2D eigenvalue weighted by Gasteiger charge is -2.40. The molecule has 0 aliphatic carbocycles. The molecule has 1 aliphatic heterocycles. The van der Waals surface area contributed by atoms with Gasteiger partial charge in [0.05, 0.1) is 0 Å². The Hall–Kier alpha value is -1.02. The van der Waals surface area contributed by atoms with Crippen LogP contribution in [0.25, 0.3) is 0 Å². The third-order valence-corrected chi connectivity index (χ3v) is 3.68. The van der Waals surface area contributed by atoms with Crippen LogP contribution in [-0.4, -0.2) is 25.2 Å². The molecule has 0 bridgehead atoms. The Morgan fingerprint density at radius 1 is 1.29 bits per heavy atom. The van der Waals surface area contributed by atoms with Crippen molar-refractivity contribution >= 4 is 5.69 Å². The first-order valence-electron chi connectivity index (χ1n) is 6.55. The minimum absolute atomic E-state index is 0.177. The van der Waals surface area contributed by atoms with Gasteiger partial charge in [-0.25, -0.2) is 0 Å². The van der Waals surface area contributed by atoms with Crippen molar-refractivity contribution in [3.05, 3.63) is 29.8 Å². The molecule has 1 unspecified atom stereocenters. The zero-order valence-corrected chi connectivity index (χ0v) is 11.5. The molecule has 1 N–H and O–H groups in total. The highest BCUT2D eigenvalue weighted by Crippen LogP contribution is 2.29. The van der Waals surface area contributed by atoms with Gasteiger partial charge in [-0.3, -0.25) is 0 Å². The van der Waals surface area contributed by atoms with E-state index in [1.807, 2.05) is 0 Å². The fourth-order valence-corrected chi connectivity index (χ4v) is 2.63. The standard InChI is InChI=1S/C15H24N2/c1-12-9-16-11-15(3,4)17(10-12)14-8-6-5-7-13(14)2/h5-8,12,16H,9-11H2,1-4H3. The molecule has 2 heteroatoms. The summed E-state index contributed by atoms with van der Waals surface area (Å²) in [6.07, 6.45) is 0. The fourth-order valence-electron chi connectivity index (χ4n) is 2.63. The molecule has 1 aromatic carbocycles. The number of para-hydroxylation sites is 1. The second kappa shape index (κ2) is 4.69. The van der Waals surface area contributed by atoms with Crippen molar-refractivity contribution in [2.24, 2.45) is 5.92 Å². The summed E-state index contributed by atoms with van der Waals surface area (Å²) < 4.78 is 0. The number of nitrogens with one attached hydrogen (secondary N) is 1. The van der Waals surface area contributed by atoms with Gasteiger partial charge in [-0.15, -0.1) is 0 Å². The van der Waals surface area contributed by atoms with Gasteiger partial charge in [-0.05, 0) is 44.9 Å². The van der Waals surface area contributed by atoms with Gasteiger partial charge in [0.2, 0.25) is 0 Å². The van der Waals surface area contributed by atoms with Crippen molar-refractivity contribution in [1.82, 2.24) is 5.32 Å². The van der Waals surface area contributed by atoms with Gasteiger partial charge >= 0.3 is 0 Å². The van der Waals surface area contributed by atoms with E-state index in [4.69, 9.17) is 0 Å². The van der Waals surface area contributed by atoms with Gasteiger partial charge in [0.25, 0.3) is 0 Å². The van der Waals surface area contributed by atoms with Crippen LogP contribution in [0.2, 0.25) is 0 Å². The van der Waals surface area contributed by atoms with Crippen molar-refractivity contribution < 1.29 is 0 Å². The van der Waals surface area contributed by atoms with Gasteiger partial charge in [0.15, 0.2) is 0 Å². The van der Waals surface area contributed by atoms with E-state index in [0.717, 1.165) is 19.6 Å². The van der Waals surface area contributed by atoms with Gasteiger partial charge in [-0.1, -0.05) is 25.1 Å². The number of hydrogen-bond donors (Lipinski definition) is 1. The molecule has 1 fully saturated rings. The Labute approximate surface area is 105 Å². The molecule has 2 rings (SSSR count). The summed E-state index contributed by atoms with van der Waals surface area (Å²) in [7, 11) is 0. The minimum Gasteiger partial charge on any atom is -0.365 e. The topological polar surface area (TPSA) is 15.3 Å². The third kappa shape index (κ3) is 2.63. The van der Waals surface area contributed by atoms with Crippen LogP contribution in [0.15, 0.2) is 24.3 Å². The van der Waals surface area contributed by atoms with Crippen LogP contribution in [0, 0.1) is 12.8 Å². The highest BCUT2D eigenvalue weighted by Gasteiger charge is 2.31. The minimum atomic E-state index is 0.177. The number of benzene rings is 1. The third-order valence-electron chi connectivity index (χ3n) is 3.68. The number of nitrogens with zero attached hydrogens (tertiary/aromatic N) is 1. The molecule has 0 aromatic heterocycles. The Balaban J connectivity index is 2.36. The molecule has 17 heavy (non-hydrogen) atoms. The number of hydrogen-bond acceptors (Lipinski definition) is 2. The quantitative estimate of drug-likeness (QED) is 0.801. The van der Waals surface area contributed by atoms with Crippen LogP contribution in [0.5, 0.6) is 0 Å². The Kier molecular flexibility index (Phi) is 3.43. The summed E-state index contributed by atoms with van der Waals surface area (Å²) >= 11 is 0. The van der Waals surface area contributed by atoms with Gasteiger partial charge in [0, 0.05) is 24.3 Å². The first-order valence-corrected chi connectivity index (χ1v) is 6.55. The summed E-state index contributed by atoms with van der Waals surface area (Å²) in [5.74, 6) is 0.691. The molecule has 1 heterocycles. The molecular weight excluding hydrogens is 208 g/mol. The highest BCUT2D eigenvalue weighted by atomic mass is 15.2. The fraction of sp³-hybridized carbons (Fsp3) is 0.600. The first-order chi connectivity index (χ1) is 8.00. The molecular formula is C15H24N2. The maximum absolute atomic E-state index is 3.56. The molecule has 0 spiro atoms. The second-order valence-corrected chi connectivity index (χ2v) is 5.95. The predicted octanol–water partition coefficient (Wildman–Crippen LogP) is 2.82. The Morgan fingerprint density at radius 2 is 2.00 bits per heavy atom. The summed E-state index contributed by atoms with van der Waals surface area (Å²) in [4.78, 5) is 2.56. The van der Waals surface area contributed by atoms with E-state index in [0.29, 0.717) is 5.92 Å². The zero-order valence-electron chi connectivity index (χ0n) is 11.5. The van der Waals surface area contributed by atoms with E-state index in [-0.39, 0.29) is 5.54 Å². The lowest BCUT2D eigenvalue weighted by atomic mass is 9.99. The molecule has 94 valence electrons. The lowest BCUT2D eigenvalue weighted by Crippen LogP contribution is -2.49. The van der Waals surface area contributed by atoms with E-state index in [1.54, 1.807) is 0 Å². The SMILES string of the molecule is Cc1ccccc1N1CC(C)CNCC1(C)C. The molecule has 1 atom stereocenters. The Morgan fingerprint density at radius 3 is 2.71 bits per heavy atom. The van der Waals surface area contributed by atoms with Gasteiger partial charge < -0.3 is 10.2 Å². The number of aryl methyl sites for hydroxylation is 1. The van der Waals surface area contributed by atoms with E-state index in [9.17, 15) is 0 Å². The largest absolute Gasteiger partial charge is 0.365 e.